The van der Waals surface area contributed by atoms with Gasteiger partial charge in [0.25, 0.3) is 0 Å². The molecular formula is C17H28ClNO3. The van der Waals surface area contributed by atoms with Crippen LogP contribution in [0.2, 0.25) is 5.02 Å². The zero-order chi connectivity index (χ0) is 16.4. The lowest BCUT2D eigenvalue weighted by molar-refractivity contribution is 0.224. The number of aliphatic hydroxyl groups excluding tert-OH is 1. The molecular weight excluding hydrogens is 302 g/mol. The largest absolute Gasteiger partial charge is 0.490 e. The molecule has 0 spiro atoms. The Morgan fingerprint density at radius 2 is 2.00 bits per heavy atom. The van der Waals surface area contributed by atoms with Gasteiger partial charge in [-0.15, -0.1) is 0 Å². The fourth-order valence-corrected chi connectivity index (χ4v) is 2.39. The van der Waals surface area contributed by atoms with E-state index in [4.69, 9.17) is 26.2 Å². The summed E-state index contributed by atoms with van der Waals surface area (Å²) in [4.78, 5) is 0. The molecule has 0 aliphatic heterocycles. The Balaban J connectivity index is 2.64. The molecule has 5 heteroatoms. The summed E-state index contributed by atoms with van der Waals surface area (Å²) in [5, 5.41) is 12.7. The van der Waals surface area contributed by atoms with Crippen molar-refractivity contribution in [2.45, 2.75) is 52.7 Å². The van der Waals surface area contributed by atoms with Gasteiger partial charge in [0.05, 0.1) is 17.7 Å². The molecule has 1 rings (SSSR count). The monoisotopic (exact) mass is 329 g/mol. The van der Waals surface area contributed by atoms with E-state index < -0.39 is 0 Å². The number of hydrogen-bond acceptors (Lipinski definition) is 4. The lowest BCUT2D eigenvalue weighted by Crippen LogP contribution is -2.15. The maximum atomic E-state index is 8.74. The van der Waals surface area contributed by atoms with E-state index in [2.05, 4.69) is 5.32 Å². The predicted molar refractivity (Wildman–Crippen MR) is 91.0 cm³/mol. The third-order valence-corrected chi connectivity index (χ3v) is 3.34. The second kappa shape index (κ2) is 10.7. The van der Waals surface area contributed by atoms with Crippen molar-refractivity contribution in [1.29, 1.82) is 0 Å². The summed E-state index contributed by atoms with van der Waals surface area (Å²) in [6, 6.07) is 3.90. The molecule has 0 saturated heterocycles. The third kappa shape index (κ3) is 6.86. The average molecular weight is 330 g/mol. The summed E-state index contributed by atoms with van der Waals surface area (Å²) in [7, 11) is 0. The van der Waals surface area contributed by atoms with Crippen molar-refractivity contribution in [3.05, 3.63) is 22.7 Å². The Labute approximate surface area is 138 Å². The number of hydrogen-bond donors (Lipinski definition) is 2. The Morgan fingerprint density at radius 3 is 2.64 bits per heavy atom. The molecule has 0 aliphatic carbocycles. The number of halogens is 1. The SMILES string of the molecule is CCOc1cc(CNCCCCCO)cc(Cl)c1OC(C)C. The second-order valence-electron chi connectivity index (χ2n) is 5.47. The van der Waals surface area contributed by atoms with Crippen molar-refractivity contribution < 1.29 is 14.6 Å². The highest BCUT2D eigenvalue weighted by molar-refractivity contribution is 6.32. The van der Waals surface area contributed by atoms with Gasteiger partial charge in [0, 0.05) is 13.2 Å². The molecule has 1 aromatic carbocycles. The van der Waals surface area contributed by atoms with Crippen LogP contribution in [-0.4, -0.2) is 31.0 Å². The number of ether oxygens (including phenoxy) is 2. The fraction of sp³-hybridized carbons (Fsp3) is 0.647. The summed E-state index contributed by atoms with van der Waals surface area (Å²) < 4.78 is 11.4. The van der Waals surface area contributed by atoms with Crippen LogP contribution in [-0.2, 0) is 6.54 Å². The van der Waals surface area contributed by atoms with Crippen molar-refractivity contribution in [3.8, 4) is 11.5 Å². The van der Waals surface area contributed by atoms with Crippen molar-refractivity contribution in [2.75, 3.05) is 19.8 Å². The van der Waals surface area contributed by atoms with Crippen LogP contribution in [0.15, 0.2) is 12.1 Å². The molecule has 0 radical (unpaired) electrons. The topological polar surface area (TPSA) is 50.7 Å². The molecule has 0 aromatic heterocycles. The summed E-state index contributed by atoms with van der Waals surface area (Å²) in [6.45, 7) is 8.38. The van der Waals surface area contributed by atoms with Crippen LogP contribution in [0.25, 0.3) is 0 Å². The van der Waals surface area contributed by atoms with E-state index in [9.17, 15) is 0 Å². The molecule has 22 heavy (non-hydrogen) atoms. The zero-order valence-electron chi connectivity index (χ0n) is 13.8. The van der Waals surface area contributed by atoms with Crippen LogP contribution in [0.5, 0.6) is 11.5 Å². The molecule has 4 nitrogen and oxygen atoms in total. The van der Waals surface area contributed by atoms with Gasteiger partial charge < -0.3 is 19.9 Å². The Morgan fingerprint density at radius 1 is 1.23 bits per heavy atom. The number of nitrogens with one attached hydrogen (secondary N) is 1. The van der Waals surface area contributed by atoms with Gasteiger partial charge >= 0.3 is 0 Å². The maximum Gasteiger partial charge on any atom is 0.180 e. The van der Waals surface area contributed by atoms with E-state index >= 15 is 0 Å². The Kier molecular flexibility index (Phi) is 9.28. The first-order valence-corrected chi connectivity index (χ1v) is 8.39. The van der Waals surface area contributed by atoms with Crippen molar-refractivity contribution >= 4 is 11.6 Å². The van der Waals surface area contributed by atoms with Gasteiger partial charge in [-0.05, 0) is 64.3 Å². The van der Waals surface area contributed by atoms with Crippen molar-refractivity contribution in [1.82, 2.24) is 5.32 Å². The number of rotatable bonds is 11. The van der Waals surface area contributed by atoms with Gasteiger partial charge in [0.15, 0.2) is 11.5 Å². The summed E-state index contributed by atoms with van der Waals surface area (Å²) >= 11 is 6.34. The minimum Gasteiger partial charge on any atom is -0.490 e. The summed E-state index contributed by atoms with van der Waals surface area (Å²) in [5.41, 5.74) is 1.08. The standard InChI is InChI=1S/C17H28ClNO3/c1-4-21-16-11-14(12-19-8-6-5-7-9-20)10-15(18)17(16)22-13(2)3/h10-11,13,19-20H,4-9,12H2,1-3H3. The summed E-state index contributed by atoms with van der Waals surface area (Å²) in [6.07, 6.45) is 3.01. The van der Waals surface area contributed by atoms with Crippen LogP contribution >= 0.6 is 11.6 Å². The smallest absolute Gasteiger partial charge is 0.180 e. The molecule has 2 N–H and O–H groups in total. The highest BCUT2D eigenvalue weighted by Gasteiger charge is 2.13. The highest BCUT2D eigenvalue weighted by atomic mass is 35.5. The Bertz CT molecular complexity index is 438. The van der Waals surface area contributed by atoms with E-state index in [-0.39, 0.29) is 12.7 Å². The first-order chi connectivity index (χ1) is 10.6. The first-order valence-electron chi connectivity index (χ1n) is 8.02. The number of unbranched alkanes of at least 4 members (excludes halogenated alkanes) is 2. The molecule has 0 amide bonds. The van der Waals surface area contributed by atoms with Gasteiger partial charge in [0.2, 0.25) is 0 Å². The van der Waals surface area contributed by atoms with Crippen LogP contribution in [0, 0.1) is 0 Å². The zero-order valence-corrected chi connectivity index (χ0v) is 14.6. The molecule has 0 fully saturated rings. The molecule has 1 aromatic rings. The lowest BCUT2D eigenvalue weighted by atomic mass is 10.2. The quantitative estimate of drug-likeness (QED) is 0.607. The van der Waals surface area contributed by atoms with Crippen LogP contribution < -0.4 is 14.8 Å². The van der Waals surface area contributed by atoms with E-state index in [0.717, 1.165) is 37.9 Å². The van der Waals surface area contributed by atoms with E-state index in [1.807, 2.05) is 32.9 Å². The van der Waals surface area contributed by atoms with Gasteiger partial charge in [-0.2, -0.15) is 0 Å². The molecule has 0 saturated carbocycles. The van der Waals surface area contributed by atoms with E-state index in [1.165, 1.54) is 0 Å². The maximum absolute atomic E-state index is 8.74. The fourth-order valence-electron chi connectivity index (χ4n) is 2.11. The number of aliphatic hydroxyl groups is 1. The minimum atomic E-state index is 0.0483. The lowest BCUT2D eigenvalue weighted by Gasteiger charge is -2.17. The number of benzene rings is 1. The van der Waals surface area contributed by atoms with Gasteiger partial charge in [-0.25, -0.2) is 0 Å². The molecule has 0 heterocycles. The Hall–Kier alpha value is -0.970. The van der Waals surface area contributed by atoms with Crippen LogP contribution in [0.3, 0.4) is 0 Å². The van der Waals surface area contributed by atoms with Gasteiger partial charge in [-0.1, -0.05) is 11.6 Å². The van der Waals surface area contributed by atoms with Crippen LogP contribution in [0.4, 0.5) is 0 Å². The first kappa shape index (κ1) is 19.1. The van der Waals surface area contributed by atoms with E-state index in [1.54, 1.807) is 0 Å². The predicted octanol–water partition coefficient (Wildman–Crippen LogP) is 3.78. The average Bonchev–Trinajstić information content (AvgIpc) is 2.46. The molecule has 0 aliphatic rings. The molecule has 126 valence electrons. The van der Waals surface area contributed by atoms with Crippen molar-refractivity contribution in [2.24, 2.45) is 0 Å². The van der Waals surface area contributed by atoms with E-state index in [0.29, 0.717) is 23.1 Å². The highest BCUT2D eigenvalue weighted by Crippen LogP contribution is 2.37. The second-order valence-corrected chi connectivity index (χ2v) is 5.87. The van der Waals surface area contributed by atoms with Crippen molar-refractivity contribution in [3.63, 3.8) is 0 Å². The molecule has 0 atom stereocenters. The normalized spacial score (nSPS) is 11.0. The minimum absolute atomic E-state index is 0.0483. The molecule has 0 bridgehead atoms. The van der Waals surface area contributed by atoms with Gasteiger partial charge in [0.1, 0.15) is 0 Å². The van der Waals surface area contributed by atoms with Gasteiger partial charge in [-0.3, -0.25) is 0 Å². The molecule has 0 unspecified atom stereocenters. The third-order valence-electron chi connectivity index (χ3n) is 3.06. The summed E-state index contributed by atoms with van der Waals surface area (Å²) in [5.74, 6) is 1.31. The van der Waals surface area contributed by atoms with Crippen LogP contribution in [0.1, 0.15) is 45.6 Å².